The van der Waals surface area contributed by atoms with E-state index in [-0.39, 0.29) is 27.8 Å². The molecule has 0 bridgehead atoms. The number of aromatic nitrogens is 1. The molecule has 6 heteroatoms. The van der Waals surface area contributed by atoms with Crippen molar-refractivity contribution >= 4 is 21.8 Å². The van der Waals surface area contributed by atoms with Gasteiger partial charge in [-0.1, -0.05) is 0 Å². The Morgan fingerprint density at radius 2 is 1.32 bits per heavy atom. The number of aromatic hydroxyl groups is 5. The van der Waals surface area contributed by atoms with Crippen molar-refractivity contribution in [1.82, 2.24) is 4.98 Å². The fourth-order valence-corrected chi connectivity index (χ4v) is 1.98. The molecule has 0 atom stereocenters. The number of phenolic OH excluding ortho intramolecular Hbond substituents is 5. The third kappa shape index (κ3) is 1.46. The highest BCUT2D eigenvalue weighted by Crippen LogP contribution is 2.43. The second kappa shape index (κ2) is 3.55. The van der Waals surface area contributed by atoms with Crippen LogP contribution in [0.15, 0.2) is 24.3 Å². The Labute approximate surface area is 106 Å². The molecule has 0 aliphatic rings. The fourth-order valence-electron chi connectivity index (χ4n) is 1.98. The largest absolute Gasteiger partial charge is 0.504 e. The van der Waals surface area contributed by atoms with E-state index in [1.54, 1.807) is 0 Å². The summed E-state index contributed by atoms with van der Waals surface area (Å²) >= 11 is 0. The average molecular weight is 259 g/mol. The Morgan fingerprint density at radius 1 is 0.632 bits per heavy atom. The summed E-state index contributed by atoms with van der Waals surface area (Å²) in [7, 11) is 0. The molecule has 1 aromatic heterocycles. The first kappa shape index (κ1) is 11.2. The first-order valence-corrected chi connectivity index (χ1v) is 5.38. The van der Waals surface area contributed by atoms with E-state index in [1.165, 1.54) is 24.3 Å². The van der Waals surface area contributed by atoms with Gasteiger partial charge in [-0.25, -0.2) is 4.98 Å². The number of phenols is 5. The number of hydrogen-bond donors (Lipinski definition) is 5. The van der Waals surface area contributed by atoms with Crippen molar-refractivity contribution in [2.75, 3.05) is 0 Å². The van der Waals surface area contributed by atoms with Crippen LogP contribution in [0.4, 0.5) is 0 Å². The second-order valence-corrected chi connectivity index (χ2v) is 4.15. The van der Waals surface area contributed by atoms with Crippen LogP contribution in [0.3, 0.4) is 0 Å². The standard InChI is InChI=1S/C13H9NO5/c15-9-2-1-7-5(11(9)17)3-6-8(14-7)4-10(16)13(19)12(6)18/h1-4,15-19H. The van der Waals surface area contributed by atoms with Gasteiger partial charge < -0.3 is 25.5 Å². The highest BCUT2D eigenvalue weighted by molar-refractivity contribution is 6.00. The van der Waals surface area contributed by atoms with Crippen LogP contribution in [0.1, 0.15) is 0 Å². The maximum atomic E-state index is 9.76. The quantitative estimate of drug-likeness (QED) is 0.311. The van der Waals surface area contributed by atoms with E-state index in [0.29, 0.717) is 5.52 Å². The number of pyridine rings is 1. The molecule has 0 radical (unpaired) electrons. The summed E-state index contributed by atoms with van der Waals surface area (Å²) < 4.78 is 0. The predicted octanol–water partition coefficient (Wildman–Crippen LogP) is 1.92. The van der Waals surface area contributed by atoms with Gasteiger partial charge in [0.1, 0.15) is 0 Å². The first-order chi connectivity index (χ1) is 8.99. The molecule has 0 aliphatic carbocycles. The van der Waals surface area contributed by atoms with E-state index < -0.39 is 17.2 Å². The lowest BCUT2D eigenvalue weighted by molar-refractivity contribution is 0.371. The van der Waals surface area contributed by atoms with Crippen LogP contribution in [0, 0.1) is 0 Å². The minimum atomic E-state index is -0.659. The third-order valence-corrected chi connectivity index (χ3v) is 2.97. The van der Waals surface area contributed by atoms with Crippen molar-refractivity contribution in [3.63, 3.8) is 0 Å². The van der Waals surface area contributed by atoms with Gasteiger partial charge >= 0.3 is 0 Å². The smallest absolute Gasteiger partial charge is 0.201 e. The zero-order chi connectivity index (χ0) is 13.7. The van der Waals surface area contributed by atoms with Crippen molar-refractivity contribution < 1.29 is 25.5 Å². The summed E-state index contributed by atoms with van der Waals surface area (Å²) in [6, 6.07) is 5.36. The molecule has 0 fully saturated rings. The summed E-state index contributed by atoms with van der Waals surface area (Å²) in [5.74, 6) is -2.35. The summed E-state index contributed by atoms with van der Waals surface area (Å²) in [5.41, 5.74) is 0.637. The second-order valence-electron chi connectivity index (χ2n) is 4.15. The Balaban J connectivity index is 2.53. The van der Waals surface area contributed by atoms with E-state index in [2.05, 4.69) is 4.98 Å². The zero-order valence-electron chi connectivity index (χ0n) is 9.49. The average Bonchev–Trinajstić information content (AvgIpc) is 2.39. The van der Waals surface area contributed by atoms with Gasteiger partial charge in [-0.05, 0) is 18.2 Å². The normalized spacial score (nSPS) is 11.2. The van der Waals surface area contributed by atoms with E-state index in [9.17, 15) is 25.5 Å². The van der Waals surface area contributed by atoms with Crippen LogP contribution in [0.2, 0.25) is 0 Å². The number of benzene rings is 2. The van der Waals surface area contributed by atoms with E-state index in [4.69, 9.17) is 0 Å². The van der Waals surface area contributed by atoms with Gasteiger partial charge in [-0.15, -0.1) is 0 Å². The summed E-state index contributed by atoms with van der Waals surface area (Å²) in [6.45, 7) is 0. The minimum Gasteiger partial charge on any atom is -0.504 e. The van der Waals surface area contributed by atoms with Crippen LogP contribution in [-0.2, 0) is 0 Å². The Bertz CT molecular complexity index is 828. The van der Waals surface area contributed by atoms with Gasteiger partial charge in [0.15, 0.2) is 23.0 Å². The van der Waals surface area contributed by atoms with Gasteiger partial charge in [-0.2, -0.15) is 0 Å². The number of nitrogens with zero attached hydrogens (tertiary/aromatic N) is 1. The first-order valence-electron chi connectivity index (χ1n) is 5.38. The molecule has 96 valence electrons. The highest BCUT2D eigenvalue weighted by Gasteiger charge is 2.15. The number of fused-ring (bicyclic) bond motifs is 2. The van der Waals surface area contributed by atoms with Crippen LogP contribution >= 0.6 is 0 Å². The van der Waals surface area contributed by atoms with Gasteiger partial charge in [0.05, 0.1) is 11.0 Å². The van der Waals surface area contributed by atoms with Crippen molar-refractivity contribution in [2.24, 2.45) is 0 Å². The Morgan fingerprint density at radius 3 is 2.05 bits per heavy atom. The fraction of sp³-hybridized carbons (Fsp3) is 0. The zero-order valence-corrected chi connectivity index (χ0v) is 9.49. The van der Waals surface area contributed by atoms with E-state index >= 15 is 0 Å². The highest BCUT2D eigenvalue weighted by atomic mass is 16.3. The van der Waals surface area contributed by atoms with Crippen LogP contribution in [-0.4, -0.2) is 30.5 Å². The van der Waals surface area contributed by atoms with Crippen molar-refractivity contribution in [1.29, 1.82) is 0 Å². The monoisotopic (exact) mass is 259 g/mol. The van der Waals surface area contributed by atoms with Crippen LogP contribution in [0.25, 0.3) is 21.8 Å². The lowest BCUT2D eigenvalue weighted by Gasteiger charge is -2.08. The van der Waals surface area contributed by atoms with E-state index in [1.807, 2.05) is 0 Å². The molecule has 3 aromatic rings. The third-order valence-electron chi connectivity index (χ3n) is 2.97. The van der Waals surface area contributed by atoms with Crippen LogP contribution in [0.5, 0.6) is 28.7 Å². The van der Waals surface area contributed by atoms with Crippen molar-refractivity contribution in [3.8, 4) is 28.7 Å². The van der Waals surface area contributed by atoms with Gasteiger partial charge in [0, 0.05) is 16.8 Å². The van der Waals surface area contributed by atoms with E-state index in [0.717, 1.165) is 0 Å². The van der Waals surface area contributed by atoms with Crippen LogP contribution < -0.4 is 0 Å². The SMILES string of the molecule is Oc1cc2nc3ccc(O)c(O)c3cc2c(O)c1O. The lowest BCUT2D eigenvalue weighted by atomic mass is 10.1. The van der Waals surface area contributed by atoms with Gasteiger partial charge in [0.25, 0.3) is 0 Å². The van der Waals surface area contributed by atoms with Crippen molar-refractivity contribution in [3.05, 3.63) is 24.3 Å². The molecule has 3 rings (SSSR count). The summed E-state index contributed by atoms with van der Waals surface area (Å²) in [4.78, 5) is 4.14. The Kier molecular flexibility index (Phi) is 2.10. The van der Waals surface area contributed by atoms with Gasteiger partial charge in [-0.3, -0.25) is 0 Å². The molecule has 1 heterocycles. The lowest BCUT2D eigenvalue weighted by Crippen LogP contribution is -1.85. The molecule has 2 aromatic carbocycles. The molecule has 0 saturated carbocycles. The Hall–Kier alpha value is -2.89. The molecule has 0 amide bonds. The maximum absolute atomic E-state index is 9.76. The molecular weight excluding hydrogens is 250 g/mol. The molecular formula is C13H9NO5. The van der Waals surface area contributed by atoms with Crippen molar-refractivity contribution in [2.45, 2.75) is 0 Å². The molecule has 0 saturated heterocycles. The van der Waals surface area contributed by atoms with Gasteiger partial charge in [0.2, 0.25) is 5.75 Å². The molecule has 6 nitrogen and oxygen atoms in total. The maximum Gasteiger partial charge on any atom is 0.201 e. The molecule has 0 unspecified atom stereocenters. The summed E-state index contributed by atoms with van der Waals surface area (Å²) in [5, 5.41) is 48.2. The molecule has 0 spiro atoms. The number of rotatable bonds is 0. The number of hydrogen-bond acceptors (Lipinski definition) is 6. The molecule has 19 heavy (non-hydrogen) atoms. The predicted molar refractivity (Wildman–Crippen MR) is 67.6 cm³/mol. The molecule has 0 aliphatic heterocycles. The topological polar surface area (TPSA) is 114 Å². The minimum absolute atomic E-state index is 0.156. The molecule has 5 N–H and O–H groups in total. The summed E-state index contributed by atoms with van der Waals surface area (Å²) in [6.07, 6.45) is 0.